The Labute approximate surface area is 90.0 Å². The minimum atomic E-state index is -0.146. The van der Waals surface area contributed by atoms with Gasteiger partial charge in [0.2, 0.25) is 0 Å². The van der Waals surface area contributed by atoms with Gasteiger partial charge in [0.25, 0.3) is 0 Å². The molecule has 0 N–H and O–H groups in total. The van der Waals surface area contributed by atoms with Gasteiger partial charge in [0.1, 0.15) is 5.58 Å². The largest absolute Gasteiger partial charge is 0.464 e. The average Bonchev–Trinajstić information content (AvgIpc) is 2.62. The lowest BCUT2D eigenvalue weighted by molar-refractivity contribution is 0.0996. The highest BCUT2D eigenvalue weighted by Crippen LogP contribution is 2.19. The molecular weight excluding hydrogens is 244 g/mol. The molecule has 0 bridgehead atoms. The van der Waals surface area contributed by atoms with Crippen molar-refractivity contribution < 1.29 is 9.21 Å². The standard InChI is InChI=1S/C11H9BrO2/c1-7(12)11(13)9-2-3-10-8(6-9)4-5-14-10/h2-7H,1H3. The predicted octanol–water partition coefficient (Wildman–Crippen LogP) is 3.40. The lowest BCUT2D eigenvalue weighted by atomic mass is 10.1. The zero-order chi connectivity index (χ0) is 10.1. The van der Waals surface area contributed by atoms with E-state index in [4.69, 9.17) is 4.42 Å². The highest BCUT2D eigenvalue weighted by molar-refractivity contribution is 9.10. The molecule has 1 aromatic carbocycles. The van der Waals surface area contributed by atoms with Crippen LogP contribution in [0, 0.1) is 0 Å². The highest BCUT2D eigenvalue weighted by atomic mass is 79.9. The van der Waals surface area contributed by atoms with E-state index in [1.54, 1.807) is 12.3 Å². The molecule has 0 fully saturated rings. The summed E-state index contributed by atoms with van der Waals surface area (Å²) < 4.78 is 5.19. The van der Waals surface area contributed by atoms with Gasteiger partial charge in [0.05, 0.1) is 11.1 Å². The molecule has 14 heavy (non-hydrogen) atoms. The fourth-order valence-corrected chi connectivity index (χ4v) is 1.61. The Balaban J connectivity index is 2.48. The first-order valence-corrected chi connectivity index (χ1v) is 5.25. The van der Waals surface area contributed by atoms with E-state index in [2.05, 4.69) is 15.9 Å². The molecule has 2 aromatic rings. The molecule has 0 aliphatic rings. The smallest absolute Gasteiger partial charge is 0.176 e. The lowest BCUT2D eigenvalue weighted by Gasteiger charge is -2.01. The van der Waals surface area contributed by atoms with Gasteiger partial charge in [0, 0.05) is 10.9 Å². The van der Waals surface area contributed by atoms with Crippen molar-refractivity contribution in [2.75, 3.05) is 0 Å². The van der Waals surface area contributed by atoms with E-state index in [0.717, 1.165) is 11.0 Å². The third-order valence-electron chi connectivity index (χ3n) is 2.10. The van der Waals surface area contributed by atoms with E-state index in [1.807, 2.05) is 25.1 Å². The SMILES string of the molecule is CC(Br)C(=O)c1ccc2occc2c1. The van der Waals surface area contributed by atoms with Crippen LogP contribution >= 0.6 is 15.9 Å². The molecule has 1 unspecified atom stereocenters. The monoisotopic (exact) mass is 252 g/mol. The molecule has 0 saturated heterocycles. The van der Waals surface area contributed by atoms with Crippen LogP contribution in [0.4, 0.5) is 0 Å². The zero-order valence-electron chi connectivity index (χ0n) is 7.66. The maximum atomic E-state index is 11.6. The first-order chi connectivity index (χ1) is 6.68. The summed E-state index contributed by atoms with van der Waals surface area (Å²) in [6.07, 6.45) is 1.62. The molecule has 72 valence electrons. The van der Waals surface area contributed by atoms with Crippen molar-refractivity contribution in [3.05, 3.63) is 36.1 Å². The highest BCUT2D eigenvalue weighted by Gasteiger charge is 2.12. The summed E-state index contributed by atoms with van der Waals surface area (Å²) >= 11 is 3.26. The second kappa shape index (κ2) is 3.58. The summed E-state index contributed by atoms with van der Waals surface area (Å²) in [6, 6.07) is 7.30. The van der Waals surface area contributed by atoms with Crippen molar-refractivity contribution in [1.29, 1.82) is 0 Å². The number of furan rings is 1. The van der Waals surface area contributed by atoms with Crippen molar-refractivity contribution in [3.8, 4) is 0 Å². The summed E-state index contributed by atoms with van der Waals surface area (Å²) in [6.45, 7) is 1.82. The molecule has 3 heteroatoms. The second-order valence-corrected chi connectivity index (χ2v) is 4.53. The predicted molar refractivity (Wildman–Crippen MR) is 58.9 cm³/mol. The van der Waals surface area contributed by atoms with Gasteiger partial charge in [-0.05, 0) is 31.2 Å². The van der Waals surface area contributed by atoms with Crippen LogP contribution < -0.4 is 0 Å². The second-order valence-electron chi connectivity index (χ2n) is 3.15. The van der Waals surface area contributed by atoms with Crippen molar-refractivity contribution in [2.45, 2.75) is 11.8 Å². The van der Waals surface area contributed by atoms with E-state index in [9.17, 15) is 4.79 Å². The number of halogens is 1. The molecule has 1 atom stereocenters. The number of carbonyl (C=O) groups excluding carboxylic acids is 1. The molecule has 0 aliphatic heterocycles. The molecule has 0 spiro atoms. The number of alkyl halides is 1. The number of benzene rings is 1. The van der Waals surface area contributed by atoms with Crippen LogP contribution in [-0.4, -0.2) is 10.6 Å². The van der Waals surface area contributed by atoms with Gasteiger partial charge in [-0.2, -0.15) is 0 Å². The number of Topliss-reactive ketones (excluding diaryl/α,β-unsaturated/α-hetero) is 1. The molecule has 0 aliphatic carbocycles. The molecular formula is C11H9BrO2. The average molecular weight is 253 g/mol. The minimum Gasteiger partial charge on any atom is -0.464 e. The Morgan fingerprint density at radius 3 is 2.93 bits per heavy atom. The van der Waals surface area contributed by atoms with E-state index >= 15 is 0 Å². The number of fused-ring (bicyclic) bond motifs is 1. The molecule has 1 heterocycles. The van der Waals surface area contributed by atoms with Gasteiger partial charge in [-0.15, -0.1) is 0 Å². The summed E-state index contributed by atoms with van der Waals surface area (Å²) in [5.41, 5.74) is 1.52. The fourth-order valence-electron chi connectivity index (χ4n) is 1.35. The Bertz CT molecular complexity index is 471. The van der Waals surface area contributed by atoms with Gasteiger partial charge in [-0.1, -0.05) is 15.9 Å². The van der Waals surface area contributed by atoms with E-state index in [-0.39, 0.29) is 10.6 Å². The van der Waals surface area contributed by atoms with Gasteiger partial charge in [-0.25, -0.2) is 0 Å². The molecule has 1 aromatic heterocycles. The van der Waals surface area contributed by atoms with Gasteiger partial charge < -0.3 is 4.42 Å². The van der Waals surface area contributed by atoms with Crippen LogP contribution in [0.25, 0.3) is 11.0 Å². The van der Waals surface area contributed by atoms with Crippen molar-refractivity contribution >= 4 is 32.7 Å². The van der Waals surface area contributed by atoms with Gasteiger partial charge >= 0.3 is 0 Å². The van der Waals surface area contributed by atoms with E-state index in [0.29, 0.717) is 5.56 Å². The van der Waals surface area contributed by atoms with Crippen molar-refractivity contribution in [1.82, 2.24) is 0 Å². The maximum absolute atomic E-state index is 11.6. The Morgan fingerprint density at radius 1 is 1.43 bits per heavy atom. The summed E-state index contributed by atoms with van der Waals surface area (Å²) in [4.78, 5) is 11.5. The maximum Gasteiger partial charge on any atom is 0.176 e. The van der Waals surface area contributed by atoms with E-state index in [1.165, 1.54) is 0 Å². The minimum absolute atomic E-state index is 0.0908. The molecule has 0 amide bonds. The van der Waals surface area contributed by atoms with Crippen LogP contribution in [0.15, 0.2) is 34.9 Å². The summed E-state index contributed by atoms with van der Waals surface area (Å²) in [5.74, 6) is 0.0908. The van der Waals surface area contributed by atoms with Gasteiger partial charge in [0.15, 0.2) is 5.78 Å². The van der Waals surface area contributed by atoms with Crippen LogP contribution in [-0.2, 0) is 0 Å². The number of ketones is 1. The number of rotatable bonds is 2. The number of hydrogen-bond acceptors (Lipinski definition) is 2. The summed E-state index contributed by atoms with van der Waals surface area (Å²) in [7, 11) is 0. The lowest BCUT2D eigenvalue weighted by Crippen LogP contribution is -2.09. The molecule has 2 nitrogen and oxygen atoms in total. The molecule has 0 saturated carbocycles. The topological polar surface area (TPSA) is 30.2 Å². The first kappa shape index (κ1) is 9.46. The summed E-state index contributed by atoms with van der Waals surface area (Å²) in [5, 5.41) is 0.962. The van der Waals surface area contributed by atoms with Gasteiger partial charge in [-0.3, -0.25) is 4.79 Å². The molecule has 0 radical (unpaired) electrons. The Hall–Kier alpha value is -1.09. The number of carbonyl (C=O) groups is 1. The Kier molecular flexibility index (Phi) is 2.42. The normalized spacial score (nSPS) is 13.0. The van der Waals surface area contributed by atoms with E-state index < -0.39 is 0 Å². The first-order valence-electron chi connectivity index (χ1n) is 4.34. The third kappa shape index (κ3) is 1.60. The van der Waals surface area contributed by atoms with Crippen LogP contribution in [0.5, 0.6) is 0 Å². The Morgan fingerprint density at radius 2 is 2.21 bits per heavy atom. The molecule has 2 rings (SSSR count). The third-order valence-corrected chi connectivity index (χ3v) is 2.51. The van der Waals surface area contributed by atoms with Crippen LogP contribution in [0.1, 0.15) is 17.3 Å². The van der Waals surface area contributed by atoms with Crippen molar-refractivity contribution in [3.63, 3.8) is 0 Å². The quantitative estimate of drug-likeness (QED) is 0.606. The van der Waals surface area contributed by atoms with Crippen LogP contribution in [0.2, 0.25) is 0 Å². The fraction of sp³-hybridized carbons (Fsp3) is 0.182. The van der Waals surface area contributed by atoms with Crippen LogP contribution in [0.3, 0.4) is 0 Å². The van der Waals surface area contributed by atoms with Crippen molar-refractivity contribution in [2.24, 2.45) is 0 Å². The zero-order valence-corrected chi connectivity index (χ0v) is 9.24. The number of hydrogen-bond donors (Lipinski definition) is 0.